The van der Waals surface area contributed by atoms with E-state index in [4.69, 9.17) is 28.3 Å². The zero-order valence-electron chi connectivity index (χ0n) is 17.2. The van der Waals surface area contributed by atoms with Crippen LogP contribution in [0.15, 0.2) is 48.5 Å². The van der Waals surface area contributed by atoms with Gasteiger partial charge in [-0.3, -0.25) is 9.59 Å². The maximum Gasteiger partial charge on any atom is 0.389 e. The average Bonchev–Trinajstić information content (AvgIpc) is 3.52. The van der Waals surface area contributed by atoms with Crippen LogP contribution in [-0.4, -0.2) is 23.2 Å². The Balaban J connectivity index is 0.000000439. The highest BCUT2D eigenvalue weighted by molar-refractivity contribution is 6.33. The third-order valence-corrected chi connectivity index (χ3v) is 5.42. The van der Waals surface area contributed by atoms with Gasteiger partial charge in [0.1, 0.15) is 0 Å². The molecule has 2 aromatic carbocycles. The predicted octanol–water partition coefficient (Wildman–Crippen LogP) is 7.32. The van der Waals surface area contributed by atoms with Crippen LogP contribution in [0.4, 0.5) is 18.9 Å². The number of carboxylic acids is 1. The SMILES string of the molecule is Clc1ccccc1.O=C(O)CC(CC1CC1)c1ccc(Cl)c(NC(=O)CCC(F)(F)F)c1. The number of carbonyl (C=O) groups is 2. The van der Waals surface area contributed by atoms with Crippen LogP contribution in [0.5, 0.6) is 0 Å². The molecule has 3 rings (SSSR count). The molecule has 0 radical (unpaired) electrons. The van der Waals surface area contributed by atoms with E-state index in [1.807, 2.05) is 30.3 Å². The number of alkyl halides is 3. The van der Waals surface area contributed by atoms with Crippen LogP contribution < -0.4 is 5.32 Å². The summed E-state index contributed by atoms with van der Waals surface area (Å²) in [7, 11) is 0. The zero-order valence-corrected chi connectivity index (χ0v) is 18.7. The predicted molar refractivity (Wildman–Crippen MR) is 119 cm³/mol. The summed E-state index contributed by atoms with van der Waals surface area (Å²) in [6.07, 6.45) is -3.46. The summed E-state index contributed by atoms with van der Waals surface area (Å²) in [4.78, 5) is 22.8. The summed E-state index contributed by atoms with van der Waals surface area (Å²) in [5, 5.41) is 12.5. The Morgan fingerprint density at radius 2 is 1.75 bits per heavy atom. The Morgan fingerprint density at radius 1 is 1.09 bits per heavy atom. The van der Waals surface area contributed by atoms with Crippen molar-refractivity contribution in [1.82, 2.24) is 0 Å². The van der Waals surface area contributed by atoms with Gasteiger partial charge in [-0.1, -0.05) is 60.3 Å². The van der Waals surface area contributed by atoms with E-state index in [0.717, 1.165) is 24.3 Å². The molecule has 174 valence electrons. The first-order valence-corrected chi connectivity index (χ1v) is 10.9. The molecule has 0 heterocycles. The number of nitrogens with one attached hydrogen (secondary N) is 1. The molecule has 0 aromatic heterocycles. The first-order chi connectivity index (χ1) is 15.0. The number of hydrogen-bond donors (Lipinski definition) is 2. The minimum atomic E-state index is -4.40. The van der Waals surface area contributed by atoms with Gasteiger partial charge in [-0.25, -0.2) is 0 Å². The van der Waals surface area contributed by atoms with Gasteiger partial charge in [0.15, 0.2) is 0 Å². The van der Waals surface area contributed by atoms with Crippen LogP contribution in [-0.2, 0) is 9.59 Å². The van der Waals surface area contributed by atoms with E-state index in [-0.39, 0.29) is 23.0 Å². The maximum absolute atomic E-state index is 12.2. The summed E-state index contributed by atoms with van der Waals surface area (Å²) in [5.41, 5.74) is 0.919. The summed E-state index contributed by atoms with van der Waals surface area (Å²) < 4.78 is 36.6. The van der Waals surface area contributed by atoms with Crippen molar-refractivity contribution in [3.05, 3.63) is 64.1 Å². The van der Waals surface area contributed by atoms with Crippen molar-refractivity contribution < 1.29 is 27.9 Å². The van der Waals surface area contributed by atoms with Crippen molar-refractivity contribution in [3.63, 3.8) is 0 Å². The number of aliphatic carboxylic acids is 1. The molecule has 0 spiro atoms. The molecule has 0 aliphatic heterocycles. The topological polar surface area (TPSA) is 66.4 Å². The van der Waals surface area contributed by atoms with Crippen LogP contribution in [0.2, 0.25) is 10.0 Å². The van der Waals surface area contributed by atoms with Gasteiger partial charge in [0.25, 0.3) is 0 Å². The lowest BCUT2D eigenvalue weighted by Gasteiger charge is -2.17. The highest BCUT2D eigenvalue weighted by Crippen LogP contribution is 2.41. The highest BCUT2D eigenvalue weighted by atomic mass is 35.5. The van der Waals surface area contributed by atoms with E-state index >= 15 is 0 Å². The largest absolute Gasteiger partial charge is 0.481 e. The fraction of sp³-hybridized carbons (Fsp3) is 0.391. The van der Waals surface area contributed by atoms with E-state index in [9.17, 15) is 22.8 Å². The second-order valence-electron chi connectivity index (χ2n) is 7.67. The van der Waals surface area contributed by atoms with Gasteiger partial charge < -0.3 is 10.4 Å². The molecule has 1 unspecified atom stereocenters. The van der Waals surface area contributed by atoms with Gasteiger partial charge in [0.2, 0.25) is 5.91 Å². The molecule has 1 amide bonds. The van der Waals surface area contributed by atoms with Crippen LogP contribution in [0.25, 0.3) is 0 Å². The third-order valence-electron chi connectivity index (χ3n) is 4.84. The van der Waals surface area contributed by atoms with E-state index in [0.29, 0.717) is 11.5 Å². The maximum atomic E-state index is 12.2. The number of carboxylic acid groups (broad SMARTS) is 1. The van der Waals surface area contributed by atoms with Gasteiger partial charge in [0, 0.05) is 11.4 Å². The molecule has 1 aliphatic rings. The number of benzene rings is 2. The molecule has 1 fully saturated rings. The molecule has 1 atom stereocenters. The first kappa shape index (κ1) is 26.0. The molecule has 0 bridgehead atoms. The first-order valence-electron chi connectivity index (χ1n) is 10.1. The second-order valence-corrected chi connectivity index (χ2v) is 8.52. The number of anilines is 1. The number of amides is 1. The van der Waals surface area contributed by atoms with E-state index in [2.05, 4.69) is 5.32 Å². The third kappa shape index (κ3) is 10.4. The summed E-state index contributed by atoms with van der Waals surface area (Å²) in [5.74, 6) is -1.41. The number of carbonyl (C=O) groups excluding carboxylic acids is 1. The fourth-order valence-electron chi connectivity index (χ4n) is 3.08. The fourth-order valence-corrected chi connectivity index (χ4v) is 3.39. The summed E-state index contributed by atoms with van der Waals surface area (Å²) >= 11 is 11.5. The molecule has 1 aliphatic carbocycles. The lowest BCUT2D eigenvalue weighted by molar-refractivity contribution is -0.142. The Bertz CT molecular complexity index is 903. The lowest BCUT2D eigenvalue weighted by atomic mass is 9.90. The second kappa shape index (κ2) is 12.1. The van der Waals surface area contributed by atoms with Crippen molar-refractivity contribution in [2.75, 3.05) is 5.32 Å². The van der Waals surface area contributed by atoms with Crippen molar-refractivity contribution in [2.45, 2.75) is 50.6 Å². The quantitative estimate of drug-likeness (QED) is 0.408. The van der Waals surface area contributed by atoms with Crippen molar-refractivity contribution in [2.24, 2.45) is 5.92 Å². The van der Waals surface area contributed by atoms with E-state index in [1.165, 1.54) is 6.07 Å². The molecule has 9 heteroatoms. The van der Waals surface area contributed by atoms with Gasteiger partial charge in [-0.2, -0.15) is 13.2 Å². The number of halogens is 5. The molecule has 0 saturated heterocycles. The standard InChI is InChI=1S/C17H19ClF3NO3.C6H5Cl/c18-13-4-3-11(12(9-16(24)25)7-10-1-2-10)8-14(13)22-15(23)5-6-17(19,20)21;7-6-4-2-1-3-5-6/h3-4,8,10,12H,1-2,5-7,9H2,(H,22,23)(H,24,25);1-5H. The van der Waals surface area contributed by atoms with Gasteiger partial charge in [-0.15, -0.1) is 0 Å². The van der Waals surface area contributed by atoms with Crippen molar-refractivity contribution >= 4 is 40.8 Å². The van der Waals surface area contributed by atoms with E-state index < -0.39 is 30.9 Å². The smallest absolute Gasteiger partial charge is 0.389 e. The molecular formula is C23H24Cl2F3NO3. The molecular weight excluding hydrogens is 466 g/mol. The molecule has 2 N–H and O–H groups in total. The minimum Gasteiger partial charge on any atom is -0.481 e. The summed E-state index contributed by atoms with van der Waals surface area (Å²) in [6.45, 7) is 0. The molecule has 2 aromatic rings. The average molecular weight is 490 g/mol. The van der Waals surface area contributed by atoms with E-state index in [1.54, 1.807) is 12.1 Å². The van der Waals surface area contributed by atoms with Crippen molar-refractivity contribution in [3.8, 4) is 0 Å². The molecule has 1 saturated carbocycles. The zero-order chi connectivity index (χ0) is 23.7. The van der Waals surface area contributed by atoms with Gasteiger partial charge in [0.05, 0.1) is 23.6 Å². The summed E-state index contributed by atoms with van der Waals surface area (Å²) in [6, 6.07) is 14.2. The van der Waals surface area contributed by atoms with Crippen LogP contribution >= 0.6 is 23.2 Å². The highest BCUT2D eigenvalue weighted by Gasteiger charge is 2.29. The Labute approximate surface area is 194 Å². The Kier molecular flexibility index (Phi) is 9.84. The normalized spacial score (nSPS) is 14.2. The van der Waals surface area contributed by atoms with Crippen molar-refractivity contribution in [1.29, 1.82) is 0 Å². The minimum absolute atomic E-state index is 0.0421. The Morgan fingerprint density at radius 3 is 2.25 bits per heavy atom. The van der Waals surface area contributed by atoms with Crippen LogP contribution in [0.3, 0.4) is 0 Å². The molecule has 32 heavy (non-hydrogen) atoms. The monoisotopic (exact) mass is 489 g/mol. The molecule has 4 nitrogen and oxygen atoms in total. The van der Waals surface area contributed by atoms with Gasteiger partial charge in [-0.05, 0) is 48.1 Å². The van der Waals surface area contributed by atoms with Crippen LogP contribution in [0.1, 0.15) is 50.0 Å². The van der Waals surface area contributed by atoms with Gasteiger partial charge >= 0.3 is 12.1 Å². The Hall–Kier alpha value is -2.25. The van der Waals surface area contributed by atoms with Crippen LogP contribution in [0, 0.1) is 5.92 Å². The lowest BCUT2D eigenvalue weighted by Crippen LogP contribution is -2.17. The number of hydrogen-bond acceptors (Lipinski definition) is 2. The number of rotatable bonds is 8.